The highest BCUT2D eigenvalue weighted by molar-refractivity contribution is 5.75. The van der Waals surface area contributed by atoms with Gasteiger partial charge in [-0.2, -0.15) is 0 Å². The Bertz CT molecular complexity index is 888. The van der Waals surface area contributed by atoms with Gasteiger partial charge < -0.3 is 14.2 Å². The number of aldehydes is 1. The van der Waals surface area contributed by atoms with E-state index >= 15 is 0 Å². The van der Waals surface area contributed by atoms with E-state index in [1.807, 2.05) is 19.1 Å². The molecule has 0 radical (unpaired) electrons. The molecular formula is C27H36O5. The summed E-state index contributed by atoms with van der Waals surface area (Å²) < 4.78 is 18.4. The first-order chi connectivity index (χ1) is 15.1. The van der Waals surface area contributed by atoms with Crippen molar-refractivity contribution < 1.29 is 23.8 Å². The number of rotatable bonds is 6. The molecule has 0 bridgehead atoms. The van der Waals surface area contributed by atoms with Crippen molar-refractivity contribution in [2.24, 2.45) is 11.8 Å². The van der Waals surface area contributed by atoms with Gasteiger partial charge in [0.25, 0.3) is 0 Å². The molecule has 5 atom stereocenters. The fourth-order valence-electron chi connectivity index (χ4n) is 4.70. The van der Waals surface area contributed by atoms with E-state index in [-0.39, 0.29) is 30.2 Å². The number of fused-ring (bicyclic) bond motifs is 1. The maximum atomic E-state index is 12.0. The van der Waals surface area contributed by atoms with E-state index in [2.05, 4.69) is 45.9 Å². The Morgan fingerprint density at radius 2 is 2.00 bits per heavy atom. The van der Waals surface area contributed by atoms with Crippen molar-refractivity contribution in [1.29, 1.82) is 0 Å². The fraction of sp³-hybridized carbons (Fsp3) is 0.556. The second-order valence-electron chi connectivity index (χ2n) is 9.66. The van der Waals surface area contributed by atoms with Crippen LogP contribution in [-0.4, -0.2) is 36.4 Å². The van der Waals surface area contributed by atoms with Gasteiger partial charge in [0.15, 0.2) is 0 Å². The number of allylic oxidation sites excluding steroid dienone is 3. The Morgan fingerprint density at radius 1 is 1.25 bits per heavy atom. The van der Waals surface area contributed by atoms with Crippen LogP contribution in [0.5, 0.6) is 0 Å². The molecular weight excluding hydrogens is 404 g/mol. The summed E-state index contributed by atoms with van der Waals surface area (Å²) in [6.07, 6.45) is 14.6. The van der Waals surface area contributed by atoms with Crippen LogP contribution in [0.3, 0.4) is 0 Å². The first kappa shape index (κ1) is 24.4. The molecule has 0 N–H and O–H groups in total. The third-order valence-electron chi connectivity index (χ3n) is 6.10. The van der Waals surface area contributed by atoms with Gasteiger partial charge in [-0.3, -0.25) is 9.59 Å². The van der Waals surface area contributed by atoms with Gasteiger partial charge in [0, 0.05) is 12.8 Å². The average molecular weight is 441 g/mol. The van der Waals surface area contributed by atoms with Gasteiger partial charge in [0.2, 0.25) is 5.79 Å². The van der Waals surface area contributed by atoms with Gasteiger partial charge in [-0.1, -0.05) is 49.3 Å². The van der Waals surface area contributed by atoms with E-state index in [0.29, 0.717) is 17.9 Å². The van der Waals surface area contributed by atoms with Gasteiger partial charge in [-0.15, -0.1) is 0 Å². The normalized spacial score (nSPS) is 33.0. The lowest BCUT2D eigenvalue weighted by Crippen LogP contribution is -2.49. The van der Waals surface area contributed by atoms with Crippen LogP contribution in [-0.2, 0) is 23.8 Å². The summed E-state index contributed by atoms with van der Waals surface area (Å²) in [4.78, 5) is 23.5. The highest BCUT2D eigenvalue weighted by atomic mass is 16.7. The monoisotopic (exact) mass is 440 g/mol. The number of carbonyl (C=O) groups is 2. The standard InChI is InChI=1S/C27H36O5/c1-17(2)8-7-9-18(3)10-23-11-19(4)14-27(31-23)15-22(16-28)24-13-25(30-21(6)29)20(5)12-26(24)32-27/h7-8,10,12,14-17,23-26H,9,11,13H2,1-6H3/t23-,24-,25-,26-,27+/m1/s1. The van der Waals surface area contributed by atoms with Crippen molar-refractivity contribution >= 4 is 12.3 Å². The molecule has 0 amide bonds. The number of esters is 1. The summed E-state index contributed by atoms with van der Waals surface area (Å²) in [5, 5.41) is 0. The molecule has 2 aliphatic heterocycles. The minimum atomic E-state index is -1.07. The average Bonchev–Trinajstić information content (AvgIpc) is 2.67. The van der Waals surface area contributed by atoms with Crippen LogP contribution in [0.4, 0.5) is 0 Å². The van der Waals surface area contributed by atoms with Gasteiger partial charge in [0.1, 0.15) is 12.4 Å². The zero-order valence-electron chi connectivity index (χ0n) is 20.1. The summed E-state index contributed by atoms with van der Waals surface area (Å²) >= 11 is 0. The van der Waals surface area contributed by atoms with E-state index in [4.69, 9.17) is 14.2 Å². The van der Waals surface area contributed by atoms with Crippen molar-refractivity contribution in [1.82, 2.24) is 0 Å². The number of carbonyl (C=O) groups excluding carboxylic acids is 2. The molecule has 0 aromatic heterocycles. The molecule has 1 spiro atoms. The van der Waals surface area contributed by atoms with Crippen molar-refractivity contribution in [3.8, 4) is 0 Å². The molecule has 0 saturated carbocycles. The molecule has 0 aromatic carbocycles. The summed E-state index contributed by atoms with van der Waals surface area (Å²) in [6.45, 7) is 11.8. The topological polar surface area (TPSA) is 61.8 Å². The molecule has 2 heterocycles. The molecule has 5 nitrogen and oxygen atoms in total. The zero-order valence-corrected chi connectivity index (χ0v) is 20.1. The van der Waals surface area contributed by atoms with Crippen molar-refractivity contribution in [2.45, 2.75) is 84.9 Å². The minimum Gasteiger partial charge on any atom is -0.458 e. The van der Waals surface area contributed by atoms with Crippen molar-refractivity contribution in [3.63, 3.8) is 0 Å². The van der Waals surface area contributed by atoms with Crippen LogP contribution in [0.2, 0.25) is 0 Å². The van der Waals surface area contributed by atoms with Crippen LogP contribution >= 0.6 is 0 Å². The Hall–Kier alpha value is -2.24. The summed E-state index contributed by atoms with van der Waals surface area (Å²) in [6, 6.07) is 0. The molecule has 174 valence electrons. The first-order valence-electron chi connectivity index (χ1n) is 11.5. The van der Waals surface area contributed by atoms with Crippen LogP contribution in [0.1, 0.15) is 60.8 Å². The van der Waals surface area contributed by atoms with Crippen molar-refractivity contribution in [2.75, 3.05) is 0 Å². The molecule has 3 rings (SSSR count). The van der Waals surface area contributed by atoms with Crippen LogP contribution in [0.25, 0.3) is 0 Å². The predicted molar refractivity (Wildman–Crippen MR) is 125 cm³/mol. The lowest BCUT2D eigenvalue weighted by molar-refractivity contribution is -0.226. The number of hydrogen-bond acceptors (Lipinski definition) is 5. The highest BCUT2D eigenvalue weighted by Crippen LogP contribution is 2.43. The molecule has 0 unspecified atom stereocenters. The van der Waals surface area contributed by atoms with E-state index in [0.717, 1.165) is 30.3 Å². The Balaban J connectivity index is 1.84. The number of ether oxygens (including phenoxy) is 3. The first-order valence-corrected chi connectivity index (χ1v) is 11.5. The van der Waals surface area contributed by atoms with E-state index in [1.165, 1.54) is 12.5 Å². The van der Waals surface area contributed by atoms with Gasteiger partial charge >= 0.3 is 5.97 Å². The summed E-state index contributed by atoms with van der Waals surface area (Å²) in [5.41, 5.74) is 3.97. The quantitative estimate of drug-likeness (QED) is 0.315. The summed E-state index contributed by atoms with van der Waals surface area (Å²) in [7, 11) is 0. The third-order valence-corrected chi connectivity index (χ3v) is 6.10. The predicted octanol–water partition coefficient (Wildman–Crippen LogP) is 5.39. The van der Waals surface area contributed by atoms with Crippen LogP contribution in [0.15, 0.2) is 58.7 Å². The molecule has 5 heteroatoms. The van der Waals surface area contributed by atoms with E-state index < -0.39 is 5.79 Å². The molecule has 32 heavy (non-hydrogen) atoms. The van der Waals surface area contributed by atoms with E-state index in [1.54, 1.807) is 6.08 Å². The van der Waals surface area contributed by atoms with Gasteiger partial charge in [0.05, 0.1) is 12.2 Å². The minimum absolute atomic E-state index is 0.129. The zero-order chi connectivity index (χ0) is 23.5. The maximum Gasteiger partial charge on any atom is 0.303 e. The Kier molecular flexibility index (Phi) is 7.73. The maximum absolute atomic E-state index is 12.0. The molecule has 3 aliphatic rings. The highest BCUT2D eigenvalue weighted by Gasteiger charge is 2.46. The lowest BCUT2D eigenvalue weighted by Gasteiger charge is -2.46. The summed E-state index contributed by atoms with van der Waals surface area (Å²) in [5.74, 6) is -1.03. The molecule has 1 aliphatic carbocycles. The lowest BCUT2D eigenvalue weighted by atomic mass is 9.78. The second-order valence-corrected chi connectivity index (χ2v) is 9.66. The fourth-order valence-corrected chi connectivity index (χ4v) is 4.70. The van der Waals surface area contributed by atoms with Crippen LogP contribution in [0, 0.1) is 11.8 Å². The van der Waals surface area contributed by atoms with Gasteiger partial charge in [-0.25, -0.2) is 0 Å². The third kappa shape index (κ3) is 5.96. The largest absolute Gasteiger partial charge is 0.458 e. The second kappa shape index (κ2) is 10.1. The van der Waals surface area contributed by atoms with Gasteiger partial charge in [-0.05, 0) is 69.2 Å². The molecule has 0 fully saturated rings. The molecule has 0 aromatic rings. The Morgan fingerprint density at radius 3 is 2.66 bits per heavy atom. The number of hydrogen-bond donors (Lipinski definition) is 0. The van der Waals surface area contributed by atoms with E-state index in [9.17, 15) is 9.59 Å². The van der Waals surface area contributed by atoms with Crippen molar-refractivity contribution in [3.05, 3.63) is 58.7 Å². The Labute approximate surface area is 191 Å². The van der Waals surface area contributed by atoms with Crippen LogP contribution < -0.4 is 0 Å². The SMILES string of the molecule is CC(=O)O[C@@H]1C[C@@H]2C(C=O)=C[C@]3(C=C(C)C[C@@H](C=C(C)CC=CC(C)C)O3)O[C@@H]2C=C1C. The molecule has 0 saturated heterocycles. The smallest absolute Gasteiger partial charge is 0.303 e.